The molecule has 154 valence electrons. The minimum Gasteiger partial charge on any atom is -0.342 e. The second-order valence-corrected chi connectivity index (χ2v) is 8.20. The van der Waals surface area contributed by atoms with Crippen LogP contribution in [0.3, 0.4) is 0 Å². The molecule has 0 saturated heterocycles. The van der Waals surface area contributed by atoms with Crippen molar-refractivity contribution in [2.75, 3.05) is 0 Å². The third-order valence-corrected chi connectivity index (χ3v) is 5.64. The van der Waals surface area contributed by atoms with Crippen molar-refractivity contribution in [2.24, 2.45) is 0 Å². The Labute approximate surface area is 183 Å². The van der Waals surface area contributed by atoms with E-state index in [1.54, 1.807) is 12.1 Å². The highest BCUT2D eigenvalue weighted by atomic mass is 35.5. The molecule has 0 saturated carbocycles. The molecule has 0 aromatic heterocycles. The van der Waals surface area contributed by atoms with E-state index < -0.39 is 0 Å². The molecule has 0 N–H and O–H groups in total. The van der Waals surface area contributed by atoms with Crippen molar-refractivity contribution in [3.8, 4) is 11.3 Å². The molecule has 0 spiro atoms. The summed E-state index contributed by atoms with van der Waals surface area (Å²) in [5.74, 6) is -0.362. The summed E-state index contributed by atoms with van der Waals surface area (Å²) in [6, 6.07) is 20.1. The third kappa shape index (κ3) is 3.73. The zero-order valence-corrected chi connectivity index (χ0v) is 17.6. The second-order valence-electron chi connectivity index (χ2n) is 7.76. The van der Waals surface area contributed by atoms with Crippen LogP contribution in [-0.4, -0.2) is 14.3 Å². The Bertz CT molecular complexity index is 1450. The van der Waals surface area contributed by atoms with Crippen LogP contribution < -0.4 is 5.56 Å². The summed E-state index contributed by atoms with van der Waals surface area (Å²) in [4.78, 5) is 13.2. The van der Waals surface area contributed by atoms with Gasteiger partial charge in [0.25, 0.3) is 5.56 Å². The lowest BCUT2D eigenvalue weighted by molar-refractivity contribution is 0.629. The first kappa shape index (κ1) is 19.5. The molecular weight excluding hydrogens is 413 g/mol. The zero-order chi connectivity index (χ0) is 21.5. The number of rotatable bonds is 4. The SMILES string of the molecule is Cc1cccc(Cn2cc3c(=O)n(Cc4cccc(Cl)c4)nc-3c3cc(F)ccc32)c1. The largest absolute Gasteiger partial charge is 0.342 e. The molecule has 2 aliphatic heterocycles. The van der Waals surface area contributed by atoms with Gasteiger partial charge in [-0.3, -0.25) is 4.79 Å². The topological polar surface area (TPSA) is 39.8 Å². The van der Waals surface area contributed by atoms with E-state index in [9.17, 15) is 9.18 Å². The number of hydrogen-bond donors (Lipinski definition) is 0. The van der Waals surface area contributed by atoms with E-state index in [0.29, 0.717) is 34.8 Å². The van der Waals surface area contributed by atoms with Gasteiger partial charge in [0.2, 0.25) is 0 Å². The smallest absolute Gasteiger partial charge is 0.278 e. The van der Waals surface area contributed by atoms with Crippen LogP contribution in [0.25, 0.3) is 22.2 Å². The van der Waals surface area contributed by atoms with Crippen LogP contribution in [0.15, 0.2) is 77.7 Å². The molecule has 2 heterocycles. The van der Waals surface area contributed by atoms with Crippen molar-refractivity contribution in [3.05, 3.63) is 111 Å². The number of benzene rings is 3. The van der Waals surface area contributed by atoms with Crippen molar-refractivity contribution in [2.45, 2.75) is 20.0 Å². The van der Waals surface area contributed by atoms with Gasteiger partial charge in [-0.2, -0.15) is 5.10 Å². The number of aryl methyl sites for hydroxylation is 1. The normalized spacial score (nSPS) is 11.5. The van der Waals surface area contributed by atoms with Crippen molar-refractivity contribution in [1.82, 2.24) is 14.3 Å². The van der Waals surface area contributed by atoms with Gasteiger partial charge in [-0.05, 0) is 48.4 Å². The van der Waals surface area contributed by atoms with Crippen molar-refractivity contribution in [3.63, 3.8) is 0 Å². The molecule has 0 unspecified atom stereocenters. The molecule has 3 aromatic carbocycles. The number of aromatic nitrogens is 3. The van der Waals surface area contributed by atoms with Crippen LogP contribution in [0.5, 0.6) is 0 Å². The highest BCUT2D eigenvalue weighted by molar-refractivity contribution is 6.30. The first-order chi connectivity index (χ1) is 15.0. The molecule has 6 heteroatoms. The van der Waals surface area contributed by atoms with Crippen LogP contribution in [0, 0.1) is 12.7 Å². The molecule has 5 rings (SSSR count). The van der Waals surface area contributed by atoms with E-state index in [4.69, 9.17) is 11.6 Å². The Kier molecular flexibility index (Phi) is 4.83. The molecular formula is C25H19ClFN3O. The standard InChI is InChI=1S/C25H19ClFN3O/c1-16-4-2-5-17(10-16)13-29-15-22-24(21-12-20(27)8-9-23(21)29)28-30(25(22)31)14-18-6-3-7-19(26)11-18/h2-12,15H,13-14H2,1H3. The quantitative estimate of drug-likeness (QED) is 0.377. The molecule has 0 radical (unpaired) electrons. The van der Waals surface area contributed by atoms with E-state index in [0.717, 1.165) is 22.2 Å². The lowest BCUT2D eigenvalue weighted by atomic mass is 10.1. The van der Waals surface area contributed by atoms with Crippen LogP contribution >= 0.6 is 11.6 Å². The van der Waals surface area contributed by atoms with Crippen molar-refractivity contribution >= 4 is 22.5 Å². The molecule has 2 aliphatic rings. The Balaban J connectivity index is 1.68. The van der Waals surface area contributed by atoms with Gasteiger partial charge in [0, 0.05) is 23.2 Å². The second kappa shape index (κ2) is 7.67. The predicted molar refractivity (Wildman–Crippen MR) is 121 cm³/mol. The van der Waals surface area contributed by atoms with E-state index >= 15 is 0 Å². The summed E-state index contributed by atoms with van der Waals surface area (Å²) in [5, 5.41) is 5.77. The number of fused-ring (bicyclic) bond motifs is 3. The summed E-state index contributed by atoms with van der Waals surface area (Å²) in [6.07, 6.45) is 1.82. The lowest BCUT2D eigenvalue weighted by Crippen LogP contribution is -2.17. The Morgan fingerprint density at radius 3 is 2.52 bits per heavy atom. The number of nitrogens with zero attached hydrogens (tertiary/aromatic N) is 3. The number of pyridine rings is 1. The maximum Gasteiger partial charge on any atom is 0.278 e. The van der Waals surface area contributed by atoms with Crippen LogP contribution in [0.1, 0.15) is 16.7 Å². The van der Waals surface area contributed by atoms with Gasteiger partial charge in [0.15, 0.2) is 0 Å². The fraction of sp³-hybridized carbons (Fsp3) is 0.120. The van der Waals surface area contributed by atoms with Crippen molar-refractivity contribution < 1.29 is 4.39 Å². The minimum absolute atomic E-state index is 0.209. The van der Waals surface area contributed by atoms with Crippen LogP contribution in [0.4, 0.5) is 4.39 Å². The summed E-state index contributed by atoms with van der Waals surface area (Å²) >= 11 is 6.08. The van der Waals surface area contributed by atoms with E-state index in [-0.39, 0.29) is 11.4 Å². The molecule has 0 bridgehead atoms. The van der Waals surface area contributed by atoms with E-state index in [1.165, 1.54) is 16.8 Å². The summed E-state index contributed by atoms with van der Waals surface area (Å²) in [5.41, 5.74) is 4.72. The minimum atomic E-state index is -0.362. The lowest BCUT2D eigenvalue weighted by Gasteiger charge is -2.14. The van der Waals surface area contributed by atoms with Gasteiger partial charge in [-0.15, -0.1) is 0 Å². The Hall–Kier alpha value is -3.44. The molecule has 0 aliphatic carbocycles. The highest BCUT2D eigenvalue weighted by Gasteiger charge is 2.21. The zero-order valence-electron chi connectivity index (χ0n) is 16.8. The first-order valence-corrected chi connectivity index (χ1v) is 10.3. The van der Waals surface area contributed by atoms with Crippen molar-refractivity contribution in [1.29, 1.82) is 0 Å². The fourth-order valence-electron chi connectivity index (χ4n) is 4.00. The maximum absolute atomic E-state index is 14.1. The van der Waals surface area contributed by atoms with Gasteiger partial charge in [-0.1, -0.05) is 53.6 Å². The monoisotopic (exact) mass is 431 g/mol. The van der Waals surface area contributed by atoms with Gasteiger partial charge < -0.3 is 4.57 Å². The predicted octanol–water partition coefficient (Wildman–Crippen LogP) is 5.50. The molecule has 31 heavy (non-hydrogen) atoms. The third-order valence-electron chi connectivity index (χ3n) is 5.41. The average Bonchev–Trinajstić information content (AvgIpc) is 3.04. The molecule has 4 nitrogen and oxygen atoms in total. The highest BCUT2D eigenvalue weighted by Crippen LogP contribution is 2.29. The fourth-order valence-corrected chi connectivity index (χ4v) is 4.22. The molecule has 0 fully saturated rings. The van der Waals surface area contributed by atoms with Gasteiger partial charge >= 0.3 is 0 Å². The molecule has 0 amide bonds. The van der Waals surface area contributed by atoms with Crippen LogP contribution in [0.2, 0.25) is 5.02 Å². The summed E-state index contributed by atoms with van der Waals surface area (Å²) in [6.45, 7) is 2.90. The Morgan fingerprint density at radius 1 is 0.968 bits per heavy atom. The molecule has 0 atom stereocenters. The summed E-state index contributed by atoms with van der Waals surface area (Å²) < 4.78 is 17.5. The van der Waals surface area contributed by atoms with E-state index in [1.807, 2.05) is 54.1 Å². The molecule has 3 aromatic rings. The van der Waals surface area contributed by atoms with Crippen LogP contribution in [-0.2, 0) is 13.1 Å². The van der Waals surface area contributed by atoms with Gasteiger partial charge in [0.05, 0.1) is 17.6 Å². The number of hydrogen-bond acceptors (Lipinski definition) is 2. The number of halogens is 2. The first-order valence-electron chi connectivity index (χ1n) is 9.97. The van der Waals surface area contributed by atoms with Gasteiger partial charge in [-0.25, -0.2) is 9.07 Å². The van der Waals surface area contributed by atoms with E-state index in [2.05, 4.69) is 11.2 Å². The maximum atomic E-state index is 14.1. The van der Waals surface area contributed by atoms with Gasteiger partial charge in [0.1, 0.15) is 11.5 Å². The average molecular weight is 432 g/mol. The Morgan fingerprint density at radius 2 is 1.74 bits per heavy atom. The summed E-state index contributed by atoms with van der Waals surface area (Å²) in [7, 11) is 0.